The first-order chi connectivity index (χ1) is 15.6. The highest BCUT2D eigenvalue weighted by atomic mass is 16.5. The third-order valence-electron chi connectivity index (χ3n) is 5.09. The summed E-state index contributed by atoms with van der Waals surface area (Å²) in [5.74, 6) is 1.17. The maximum atomic E-state index is 12.9. The molecule has 3 aromatic carbocycles. The van der Waals surface area contributed by atoms with Crippen LogP contribution in [0.3, 0.4) is 0 Å². The minimum atomic E-state index is -0.600. The smallest absolute Gasteiger partial charge is 0.367 e. The average Bonchev–Trinajstić information content (AvgIpc) is 2.86. The van der Waals surface area contributed by atoms with Crippen molar-refractivity contribution in [2.75, 3.05) is 14.2 Å². The van der Waals surface area contributed by atoms with Crippen molar-refractivity contribution in [3.63, 3.8) is 0 Å². The third kappa shape index (κ3) is 4.27. The molecule has 1 aromatic heterocycles. The Bertz CT molecular complexity index is 1280. The number of hydrogen-bond donors (Lipinski definition) is 0. The predicted octanol–water partition coefficient (Wildman–Crippen LogP) is 3.87. The molecule has 7 nitrogen and oxygen atoms in total. The number of rotatable bonds is 7. The fourth-order valence-corrected chi connectivity index (χ4v) is 3.41. The molecule has 0 aliphatic carbocycles. The average molecular weight is 427 g/mol. The molecule has 1 heterocycles. The molecule has 0 saturated carbocycles. The van der Waals surface area contributed by atoms with Crippen LogP contribution in [-0.2, 0) is 6.54 Å². The number of carbonyl (C=O) groups is 1. The van der Waals surface area contributed by atoms with Crippen LogP contribution < -0.4 is 15.2 Å². The summed E-state index contributed by atoms with van der Waals surface area (Å²) in [5.41, 5.74) is 2.36. The van der Waals surface area contributed by atoms with Gasteiger partial charge in [0, 0.05) is 16.7 Å². The number of ether oxygens (including phenoxy) is 2. The number of Topliss-reactive ketones (excluding diaryl/α,β-unsaturated/α-hetero) is 1. The molecule has 32 heavy (non-hydrogen) atoms. The van der Waals surface area contributed by atoms with Gasteiger partial charge in [0.2, 0.25) is 0 Å². The lowest BCUT2D eigenvalue weighted by Crippen LogP contribution is -2.29. The second-order valence-electron chi connectivity index (χ2n) is 7.01. The van der Waals surface area contributed by atoms with Crippen molar-refractivity contribution in [2.24, 2.45) is 0 Å². The molecule has 0 aliphatic rings. The summed E-state index contributed by atoms with van der Waals surface area (Å²) in [5, 5.41) is 8.01. The largest absolute Gasteiger partial charge is 0.497 e. The Hall–Kier alpha value is -4.26. The zero-order chi connectivity index (χ0) is 22.5. The summed E-state index contributed by atoms with van der Waals surface area (Å²) >= 11 is 0. The highest BCUT2D eigenvalue weighted by molar-refractivity contribution is 5.96. The molecule has 0 fully saturated rings. The summed E-state index contributed by atoms with van der Waals surface area (Å²) in [7, 11) is 3.17. The van der Waals surface area contributed by atoms with E-state index in [0.717, 1.165) is 5.56 Å². The number of hydrogen-bond acceptors (Lipinski definition) is 6. The lowest BCUT2D eigenvalue weighted by Gasteiger charge is -2.16. The van der Waals surface area contributed by atoms with Crippen molar-refractivity contribution in [3.8, 4) is 34.0 Å². The van der Waals surface area contributed by atoms with Crippen molar-refractivity contribution in [1.29, 1.82) is 0 Å². The molecule has 4 rings (SSSR count). The van der Waals surface area contributed by atoms with E-state index in [1.807, 2.05) is 30.3 Å². The summed E-state index contributed by atoms with van der Waals surface area (Å²) in [6.45, 7) is -0.164. The maximum Gasteiger partial charge on any atom is 0.367 e. The minimum absolute atomic E-state index is 0.164. The first-order valence-electron chi connectivity index (χ1n) is 9.95. The molecule has 0 amide bonds. The number of aromatic nitrogens is 3. The van der Waals surface area contributed by atoms with Gasteiger partial charge in [-0.05, 0) is 48.5 Å². The molecule has 0 unspecified atom stereocenters. The zero-order valence-electron chi connectivity index (χ0n) is 17.7. The van der Waals surface area contributed by atoms with Gasteiger partial charge in [-0.2, -0.15) is 0 Å². The first-order valence-corrected chi connectivity index (χ1v) is 9.95. The zero-order valence-corrected chi connectivity index (χ0v) is 17.7. The molecule has 4 aromatic rings. The third-order valence-corrected chi connectivity index (χ3v) is 5.09. The van der Waals surface area contributed by atoms with Crippen molar-refractivity contribution in [3.05, 3.63) is 94.9 Å². The molecule has 0 spiro atoms. The van der Waals surface area contributed by atoms with Crippen LogP contribution in [-0.4, -0.2) is 34.8 Å². The van der Waals surface area contributed by atoms with Crippen LogP contribution >= 0.6 is 0 Å². The van der Waals surface area contributed by atoms with Crippen molar-refractivity contribution < 1.29 is 14.3 Å². The SMILES string of the molecule is COc1ccc(-c2nnc(=O)n(CC(=O)c3ccccc3)c2-c2ccc(OC)cc2)cc1. The Morgan fingerprint density at radius 1 is 0.781 bits per heavy atom. The molecular formula is C25H21N3O4. The fourth-order valence-electron chi connectivity index (χ4n) is 3.41. The normalized spacial score (nSPS) is 10.6. The van der Waals surface area contributed by atoms with E-state index >= 15 is 0 Å². The van der Waals surface area contributed by atoms with E-state index in [9.17, 15) is 9.59 Å². The Labute approximate surface area is 184 Å². The van der Waals surface area contributed by atoms with Crippen LogP contribution in [0.15, 0.2) is 83.7 Å². The predicted molar refractivity (Wildman–Crippen MR) is 121 cm³/mol. The number of carbonyl (C=O) groups excluding carboxylic acids is 1. The van der Waals surface area contributed by atoms with Gasteiger partial charge in [0.25, 0.3) is 0 Å². The standard InChI is InChI=1S/C25H21N3O4/c1-31-20-12-8-18(9-13-20)23-24(19-10-14-21(32-2)15-11-19)28(25(30)27-26-23)16-22(29)17-6-4-3-5-7-17/h3-15H,16H2,1-2H3. The van der Waals surface area contributed by atoms with Gasteiger partial charge in [-0.1, -0.05) is 35.4 Å². The molecule has 0 N–H and O–H groups in total. The van der Waals surface area contributed by atoms with Crippen molar-refractivity contribution >= 4 is 5.78 Å². The van der Waals surface area contributed by atoms with Gasteiger partial charge in [-0.15, -0.1) is 5.10 Å². The molecule has 0 atom stereocenters. The van der Waals surface area contributed by atoms with Crippen molar-refractivity contribution in [2.45, 2.75) is 6.54 Å². The van der Waals surface area contributed by atoms with Gasteiger partial charge in [0.05, 0.1) is 26.5 Å². The molecule has 0 bridgehead atoms. The number of methoxy groups -OCH3 is 2. The van der Waals surface area contributed by atoms with E-state index in [4.69, 9.17) is 9.47 Å². The Morgan fingerprint density at radius 2 is 1.34 bits per heavy atom. The second kappa shape index (κ2) is 9.26. The van der Waals surface area contributed by atoms with E-state index in [1.54, 1.807) is 62.8 Å². The van der Waals surface area contributed by atoms with E-state index in [1.165, 1.54) is 4.57 Å². The van der Waals surface area contributed by atoms with Crippen LogP contribution in [0.1, 0.15) is 10.4 Å². The van der Waals surface area contributed by atoms with Crippen LogP contribution in [0, 0.1) is 0 Å². The van der Waals surface area contributed by atoms with E-state index in [0.29, 0.717) is 34.0 Å². The molecule has 0 saturated heterocycles. The maximum absolute atomic E-state index is 12.9. The highest BCUT2D eigenvalue weighted by Gasteiger charge is 2.19. The van der Waals surface area contributed by atoms with E-state index < -0.39 is 5.69 Å². The minimum Gasteiger partial charge on any atom is -0.497 e. The van der Waals surface area contributed by atoms with Gasteiger partial charge >= 0.3 is 5.69 Å². The molecule has 160 valence electrons. The lowest BCUT2D eigenvalue weighted by atomic mass is 10.0. The Kier molecular flexibility index (Phi) is 6.07. The summed E-state index contributed by atoms with van der Waals surface area (Å²) in [6.07, 6.45) is 0. The number of ketones is 1. The van der Waals surface area contributed by atoms with Gasteiger partial charge in [0.15, 0.2) is 5.78 Å². The van der Waals surface area contributed by atoms with E-state index in [-0.39, 0.29) is 12.3 Å². The molecule has 0 radical (unpaired) electrons. The molecular weight excluding hydrogens is 406 g/mol. The Morgan fingerprint density at radius 3 is 1.91 bits per heavy atom. The van der Waals surface area contributed by atoms with Gasteiger partial charge < -0.3 is 9.47 Å². The van der Waals surface area contributed by atoms with Crippen LogP contribution in [0.2, 0.25) is 0 Å². The number of nitrogens with zero attached hydrogens (tertiary/aromatic N) is 3. The van der Waals surface area contributed by atoms with Gasteiger partial charge in [-0.25, -0.2) is 4.79 Å². The van der Waals surface area contributed by atoms with Gasteiger partial charge in [-0.3, -0.25) is 9.36 Å². The lowest BCUT2D eigenvalue weighted by molar-refractivity contribution is 0.0970. The van der Waals surface area contributed by atoms with Crippen LogP contribution in [0.25, 0.3) is 22.5 Å². The van der Waals surface area contributed by atoms with E-state index in [2.05, 4.69) is 10.2 Å². The summed E-state index contributed by atoms with van der Waals surface area (Å²) < 4.78 is 11.9. The molecule has 7 heteroatoms. The summed E-state index contributed by atoms with van der Waals surface area (Å²) in [4.78, 5) is 25.7. The van der Waals surface area contributed by atoms with Gasteiger partial charge in [0.1, 0.15) is 17.2 Å². The number of benzene rings is 3. The monoisotopic (exact) mass is 427 g/mol. The topological polar surface area (TPSA) is 83.3 Å². The van der Waals surface area contributed by atoms with Crippen LogP contribution in [0.4, 0.5) is 0 Å². The first kappa shape index (κ1) is 21.0. The highest BCUT2D eigenvalue weighted by Crippen LogP contribution is 2.31. The second-order valence-corrected chi connectivity index (χ2v) is 7.01. The van der Waals surface area contributed by atoms with Crippen LogP contribution in [0.5, 0.6) is 11.5 Å². The fraction of sp³-hybridized carbons (Fsp3) is 0.120. The summed E-state index contributed by atoms with van der Waals surface area (Å²) in [6, 6.07) is 23.4. The Balaban J connectivity index is 1.88. The molecule has 0 aliphatic heterocycles. The quantitative estimate of drug-likeness (QED) is 0.417. The van der Waals surface area contributed by atoms with Crippen molar-refractivity contribution in [1.82, 2.24) is 14.8 Å².